The topological polar surface area (TPSA) is 174 Å². The summed E-state index contributed by atoms with van der Waals surface area (Å²) in [5.74, 6) is -2.44. The van der Waals surface area contributed by atoms with Gasteiger partial charge in [0.15, 0.2) is 11.5 Å². The Hall–Kier alpha value is -4.11. The standard InChI is InChI=1S/C23H22N4O9S2/c1-38(33,34)36-17-13-37-22-19(25-18(28)11-24-15-5-3-2-4-6-15)21(29)26(22)20(17)23(30)35-12-14-7-9-16(10-8-14)27(31)32/h2-10,19,22,24H,11-13H2,1H3,(H,25,28)/t19?,22-/m0/s1. The Balaban J connectivity index is 1.45. The van der Waals surface area contributed by atoms with E-state index in [1.807, 2.05) is 6.07 Å². The van der Waals surface area contributed by atoms with Crippen molar-refractivity contribution in [3.63, 3.8) is 0 Å². The number of nitrogens with one attached hydrogen (secondary N) is 2. The number of β-lactam (4-membered cyclic amide) rings is 1. The number of hydrogen-bond donors (Lipinski definition) is 2. The van der Waals surface area contributed by atoms with Crippen molar-refractivity contribution in [2.45, 2.75) is 18.0 Å². The van der Waals surface area contributed by atoms with Gasteiger partial charge in [0.05, 0.1) is 23.5 Å². The molecular formula is C23H22N4O9S2. The van der Waals surface area contributed by atoms with Crippen molar-refractivity contribution in [3.8, 4) is 0 Å². The van der Waals surface area contributed by atoms with Gasteiger partial charge in [0, 0.05) is 17.8 Å². The second kappa shape index (κ2) is 11.1. The van der Waals surface area contributed by atoms with Crippen LogP contribution in [0.25, 0.3) is 0 Å². The number of benzene rings is 2. The summed E-state index contributed by atoms with van der Waals surface area (Å²) in [6.45, 7) is -0.384. The van der Waals surface area contributed by atoms with E-state index in [-0.39, 0.29) is 36.0 Å². The lowest BCUT2D eigenvalue weighted by atomic mass is 10.0. The predicted octanol–water partition coefficient (Wildman–Crippen LogP) is 1.34. The predicted molar refractivity (Wildman–Crippen MR) is 136 cm³/mol. The molecule has 0 aliphatic carbocycles. The second-order valence-corrected chi connectivity index (χ2v) is 10.9. The first-order chi connectivity index (χ1) is 18.0. The summed E-state index contributed by atoms with van der Waals surface area (Å²) in [5, 5.41) is 15.7. The molecule has 2 heterocycles. The van der Waals surface area contributed by atoms with Gasteiger partial charge in [0.2, 0.25) is 5.91 Å². The molecule has 1 unspecified atom stereocenters. The molecular weight excluding hydrogens is 540 g/mol. The number of hydrogen-bond acceptors (Lipinski definition) is 11. The van der Waals surface area contributed by atoms with Gasteiger partial charge in [0.25, 0.3) is 11.6 Å². The third-order valence-electron chi connectivity index (χ3n) is 5.44. The maximum atomic E-state index is 13.0. The molecule has 2 aliphatic heterocycles. The van der Waals surface area contributed by atoms with Crippen LogP contribution in [0.1, 0.15) is 5.56 Å². The molecule has 200 valence electrons. The third kappa shape index (κ3) is 6.23. The van der Waals surface area contributed by atoms with Crippen molar-refractivity contribution in [1.29, 1.82) is 0 Å². The number of nitrogens with zero attached hydrogens (tertiary/aromatic N) is 2. The van der Waals surface area contributed by atoms with E-state index in [9.17, 15) is 32.9 Å². The highest BCUT2D eigenvalue weighted by molar-refractivity contribution is 8.00. The van der Waals surface area contributed by atoms with E-state index in [0.29, 0.717) is 5.56 Å². The number of rotatable bonds is 10. The molecule has 2 aromatic carbocycles. The SMILES string of the molecule is CS(=O)(=O)OC1=C(C(=O)OCc2ccc([N+](=O)[O-])cc2)N2C(=O)C(NC(=O)CNc3ccccc3)[C@@H]2SC1. The first-order valence-corrected chi connectivity index (χ1v) is 14.0. The van der Waals surface area contributed by atoms with Crippen molar-refractivity contribution in [3.05, 3.63) is 81.7 Å². The third-order valence-corrected chi connectivity index (χ3v) is 7.20. The fourth-order valence-corrected chi connectivity index (χ4v) is 5.55. The molecule has 1 fully saturated rings. The van der Waals surface area contributed by atoms with Crippen LogP contribution in [-0.4, -0.2) is 66.0 Å². The highest BCUT2D eigenvalue weighted by Gasteiger charge is 2.55. The smallest absolute Gasteiger partial charge is 0.359 e. The van der Waals surface area contributed by atoms with Crippen molar-refractivity contribution in [2.75, 3.05) is 23.9 Å². The van der Waals surface area contributed by atoms with Crippen LogP contribution in [0.3, 0.4) is 0 Å². The van der Waals surface area contributed by atoms with E-state index in [1.54, 1.807) is 24.3 Å². The van der Waals surface area contributed by atoms with Gasteiger partial charge in [-0.15, -0.1) is 11.8 Å². The van der Waals surface area contributed by atoms with E-state index >= 15 is 0 Å². The summed E-state index contributed by atoms with van der Waals surface area (Å²) in [4.78, 5) is 49.7. The number of non-ortho nitro benzene ring substituents is 1. The fraction of sp³-hybridized carbons (Fsp3) is 0.261. The van der Waals surface area contributed by atoms with Gasteiger partial charge in [-0.05, 0) is 29.8 Å². The number of anilines is 1. The Morgan fingerprint density at radius 2 is 1.84 bits per heavy atom. The average molecular weight is 563 g/mol. The molecule has 0 aromatic heterocycles. The Kier molecular flexibility index (Phi) is 7.87. The summed E-state index contributed by atoms with van der Waals surface area (Å²) in [6, 6.07) is 13.3. The molecule has 0 spiro atoms. The second-order valence-electron chi connectivity index (χ2n) is 8.23. The van der Waals surface area contributed by atoms with Gasteiger partial charge in [-0.25, -0.2) is 4.79 Å². The number of thioether (sulfide) groups is 1. The monoisotopic (exact) mass is 562 g/mol. The van der Waals surface area contributed by atoms with E-state index in [2.05, 4.69) is 10.6 Å². The van der Waals surface area contributed by atoms with E-state index in [4.69, 9.17) is 8.92 Å². The number of para-hydroxylation sites is 1. The Morgan fingerprint density at radius 1 is 1.16 bits per heavy atom. The van der Waals surface area contributed by atoms with Crippen LogP contribution in [0.15, 0.2) is 66.1 Å². The molecule has 15 heteroatoms. The lowest BCUT2D eigenvalue weighted by Gasteiger charge is -2.49. The summed E-state index contributed by atoms with van der Waals surface area (Å²) < 4.78 is 33.8. The Morgan fingerprint density at radius 3 is 2.47 bits per heavy atom. The molecule has 0 bridgehead atoms. The van der Waals surface area contributed by atoms with Gasteiger partial charge in [-0.1, -0.05) is 18.2 Å². The minimum atomic E-state index is -4.03. The number of nitro groups is 1. The number of ether oxygens (including phenoxy) is 1. The molecule has 2 N–H and O–H groups in total. The zero-order valence-corrected chi connectivity index (χ0v) is 21.5. The quantitative estimate of drug-likeness (QED) is 0.141. The van der Waals surface area contributed by atoms with Gasteiger partial charge in [0.1, 0.15) is 18.0 Å². The molecule has 0 saturated carbocycles. The van der Waals surface area contributed by atoms with Crippen LogP contribution in [0.5, 0.6) is 0 Å². The van der Waals surface area contributed by atoms with Crippen LogP contribution in [0.2, 0.25) is 0 Å². The summed E-state index contributed by atoms with van der Waals surface area (Å²) >= 11 is 1.12. The van der Waals surface area contributed by atoms with Gasteiger partial charge in [-0.2, -0.15) is 8.42 Å². The summed E-state index contributed by atoms with van der Waals surface area (Å²) in [7, 11) is -4.03. The fourth-order valence-electron chi connectivity index (χ4n) is 3.72. The van der Waals surface area contributed by atoms with Crippen LogP contribution in [-0.2, 0) is 40.0 Å². The van der Waals surface area contributed by atoms with E-state index in [0.717, 1.165) is 28.6 Å². The van der Waals surface area contributed by atoms with E-state index in [1.165, 1.54) is 24.3 Å². The Bertz CT molecular complexity index is 1400. The summed E-state index contributed by atoms with van der Waals surface area (Å²) in [6.07, 6.45) is 0.803. The highest BCUT2D eigenvalue weighted by atomic mass is 32.2. The van der Waals surface area contributed by atoms with E-state index < -0.39 is 44.2 Å². The molecule has 4 rings (SSSR count). The minimum Gasteiger partial charge on any atom is -0.456 e. The molecule has 2 atom stereocenters. The van der Waals surface area contributed by atoms with Crippen LogP contribution in [0, 0.1) is 10.1 Å². The zero-order valence-electron chi connectivity index (χ0n) is 19.9. The largest absolute Gasteiger partial charge is 0.456 e. The Labute approximate surface area is 221 Å². The van der Waals surface area contributed by atoms with Crippen molar-refractivity contribution >= 4 is 51.0 Å². The average Bonchev–Trinajstić information content (AvgIpc) is 2.88. The number of amides is 2. The number of carbonyl (C=O) groups excluding carboxylic acids is 3. The van der Waals surface area contributed by atoms with Crippen LogP contribution >= 0.6 is 11.8 Å². The van der Waals surface area contributed by atoms with Crippen molar-refractivity contribution in [1.82, 2.24) is 10.2 Å². The molecule has 13 nitrogen and oxygen atoms in total. The lowest BCUT2D eigenvalue weighted by Crippen LogP contribution is -2.71. The minimum absolute atomic E-state index is 0.0713. The first kappa shape index (κ1) is 26.9. The summed E-state index contributed by atoms with van der Waals surface area (Å²) in [5.41, 5.74) is 0.638. The number of esters is 1. The maximum absolute atomic E-state index is 13.0. The van der Waals surface area contributed by atoms with Gasteiger partial charge in [-0.3, -0.25) is 24.6 Å². The lowest BCUT2D eigenvalue weighted by molar-refractivity contribution is -0.384. The number of nitro benzene ring substituents is 1. The molecule has 2 amide bonds. The molecule has 0 radical (unpaired) electrons. The highest BCUT2D eigenvalue weighted by Crippen LogP contribution is 2.41. The zero-order chi connectivity index (χ0) is 27.4. The van der Waals surface area contributed by atoms with Crippen LogP contribution < -0.4 is 10.6 Å². The van der Waals surface area contributed by atoms with Crippen molar-refractivity contribution in [2.24, 2.45) is 0 Å². The normalized spacial score (nSPS) is 18.7. The first-order valence-electron chi connectivity index (χ1n) is 11.1. The van der Waals surface area contributed by atoms with Gasteiger partial charge >= 0.3 is 16.1 Å². The molecule has 2 aliphatic rings. The van der Waals surface area contributed by atoms with Crippen LogP contribution in [0.4, 0.5) is 11.4 Å². The molecule has 1 saturated heterocycles. The maximum Gasteiger partial charge on any atom is 0.359 e. The molecule has 38 heavy (non-hydrogen) atoms. The number of fused-ring (bicyclic) bond motifs is 1. The van der Waals surface area contributed by atoms with Gasteiger partial charge < -0.3 is 19.6 Å². The number of carbonyl (C=O) groups is 3. The van der Waals surface area contributed by atoms with Crippen molar-refractivity contribution < 1.29 is 36.6 Å². The molecule has 2 aromatic rings.